The lowest BCUT2D eigenvalue weighted by Crippen LogP contribution is -2.62. The minimum atomic E-state index is -2.59. The Morgan fingerprint density at radius 3 is 2.94 bits per heavy atom. The summed E-state index contributed by atoms with van der Waals surface area (Å²) in [6.07, 6.45) is 1.70. The number of piperidine rings is 2. The summed E-state index contributed by atoms with van der Waals surface area (Å²) in [6, 6.07) is 3.72. The lowest BCUT2D eigenvalue weighted by Gasteiger charge is -2.43. The van der Waals surface area contributed by atoms with Gasteiger partial charge in [-0.25, -0.2) is 13.8 Å². The van der Waals surface area contributed by atoms with Crippen LogP contribution in [0.2, 0.25) is 0 Å². The van der Waals surface area contributed by atoms with Crippen molar-refractivity contribution in [2.24, 2.45) is 11.8 Å². The summed E-state index contributed by atoms with van der Waals surface area (Å²) in [5.74, 6) is 0.651. The van der Waals surface area contributed by atoms with Crippen LogP contribution in [0.1, 0.15) is 36.7 Å². The van der Waals surface area contributed by atoms with Crippen molar-refractivity contribution < 1.29 is 23.1 Å². The predicted octanol–water partition coefficient (Wildman–Crippen LogP) is 1.03. The van der Waals surface area contributed by atoms with Crippen LogP contribution < -0.4 is 20.7 Å². The van der Waals surface area contributed by atoms with Gasteiger partial charge in [-0.1, -0.05) is 6.92 Å². The Morgan fingerprint density at radius 1 is 1.34 bits per heavy atom. The zero-order chi connectivity index (χ0) is 22.7. The first kappa shape index (κ1) is 22.8. The van der Waals surface area contributed by atoms with E-state index in [-0.39, 0.29) is 29.7 Å². The van der Waals surface area contributed by atoms with E-state index in [1.165, 1.54) is 12.3 Å². The summed E-state index contributed by atoms with van der Waals surface area (Å²) < 4.78 is 30.4. The third-order valence-corrected chi connectivity index (χ3v) is 6.56. The fraction of sp³-hybridized carbons (Fsp3) is 0.682. The number of amides is 2. The maximum atomic E-state index is 12.2. The number of aromatic nitrogens is 1. The second kappa shape index (κ2) is 10.1. The molecule has 1 aromatic rings. The minimum Gasteiger partial charge on any atom is -0.487 e. The van der Waals surface area contributed by atoms with Crippen LogP contribution in [0.5, 0.6) is 5.75 Å². The molecule has 3 aliphatic rings. The van der Waals surface area contributed by atoms with Crippen LogP contribution in [-0.2, 0) is 4.79 Å². The van der Waals surface area contributed by atoms with Crippen molar-refractivity contribution in [3.8, 4) is 5.75 Å². The molecule has 4 heterocycles. The number of carbonyl (C=O) groups is 2. The average molecular weight is 452 g/mol. The molecule has 176 valence electrons. The molecule has 3 saturated heterocycles. The highest BCUT2D eigenvalue weighted by Crippen LogP contribution is 2.26. The Hall–Kier alpha value is -2.33. The summed E-state index contributed by atoms with van der Waals surface area (Å²) in [5.41, 5.74) is 0.0818. The lowest BCUT2D eigenvalue weighted by atomic mass is 9.82. The molecule has 32 heavy (non-hydrogen) atoms. The van der Waals surface area contributed by atoms with Gasteiger partial charge in [-0.3, -0.25) is 14.5 Å². The van der Waals surface area contributed by atoms with Crippen LogP contribution in [0, 0.1) is 11.8 Å². The first-order valence-electron chi connectivity index (χ1n) is 11.3. The van der Waals surface area contributed by atoms with Crippen LogP contribution in [0.3, 0.4) is 0 Å². The van der Waals surface area contributed by atoms with E-state index in [9.17, 15) is 18.4 Å². The molecule has 10 heteroatoms. The van der Waals surface area contributed by atoms with Gasteiger partial charge in [0.25, 0.3) is 12.3 Å². The molecular weight excluding hydrogens is 420 g/mol. The normalized spacial score (nSPS) is 30.6. The summed E-state index contributed by atoms with van der Waals surface area (Å²) in [4.78, 5) is 30.2. The largest absolute Gasteiger partial charge is 0.487 e. The van der Waals surface area contributed by atoms with Gasteiger partial charge in [0.2, 0.25) is 5.91 Å². The van der Waals surface area contributed by atoms with Gasteiger partial charge in [-0.15, -0.1) is 0 Å². The van der Waals surface area contributed by atoms with Crippen molar-refractivity contribution in [1.82, 2.24) is 25.8 Å². The smallest absolute Gasteiger partial charge is 0.270 e. The van der Waals surface area contributed by atoms with Gasteiger partial charge in [0.1, 0.15) is 17.5 Å². The molecule has 1 aromatic heterocycles. The van der Waals surface area contributed by atoms with E-state index >= 15 is 0 Å². The number of pyridine rings is 1. The molecule has 0 aliphatic carbocycles. The summed E-state index contributed by atoms with van der Waals surface area (Å²) in [6.45, 7) is 4.97. The van der Waals surface area contributed by atoms with E-state index in [4.69, 9.17) is 4.74 Å². The highest BCUT2D eigenvalue weighted by atomic mass is 19.3. The molecule has 2 amide bonds. The van der Waals surface area contributed by atoms with Gasteiger partial charge in [-0.2, -0.15) is 0 Å². The molecule has 0 saturated carbocycles. The molecule has 5 atom stereocenters. The molecule has 3 N–H and O–H groups in total. The van der Waals surface area contributed by atoms with E-state index in [1.807, 2.05) is 6.92 Å². The van der Waals surface area contributed by atoms with E-state index < -0.39 is 18.9 Å². The molecule has 8 nitrogen and oxygen atoms in total. The number of halogens is 2. The van der Waals surface area contributed by atoms with Gasteiger partial charge >= 0.3 is 0 Å². The van der Waals surface area contributed by atoms with Crippen molar-refractivity contribution in [3.63, 3.8) is 0 Å². The molecule has 3 aliphatic heterocycles. The molecule has 4 rings (SSSR count). The number of nitrogens with one attached hydrogen (secondary N) is 3. The van der Waals surface area contributed by atoms with Crippen LogP contribution in [0.15, 0.2) is 18.3 Å². The summed E-state index contributed by atoms with van der Waals surface area (Å²) in [5, 5.41) is 8.92. The Bertz CT molecular complexity index is 809. The predicted molar refractivity (Wildman–Crippen MR) is 114 cm³/mol. The number of nitrogens with zero attached hydrogens (tertiary/aromatic N) is 2. The standard InChI is InChI=1S/C22H31F2N5O3/c1-13-6-18-19(28-21(13)30)7-14(8-25-18)11-29-5-4-16(12-29)32-15-2-3-17(26-9-15)22(31)27-10-20(23)24/h2-3,9,13-14,16,18-20,25H,4-8,10-12H2,1H3,(H,27,31)(H,28,30)/t13?,14?,16-,18?,19?/m0/s1. The molecule has 0 spiro atoms. The minimum absolute atomic E-state index is 0.0369. The van der Waals surface area contributed by atoms with Gasteiger partial charge in [0.05, 0.1) is 12.7 Å². The molecular formula is C22H31F2N5O3. The van der Waals surface area contributed by atoms with Crippen LogP contribution in [-0.4, -0.2) is 79.0 Å². The van der Waals surface area contributed by atoms with Gasteiger partial charge in [0.15, 0.2) is 0 Å². The SMILES string of the molecule is CC1CC2NCC(CN3CC[C@H](Oc4ccc(C(=O)NCC(F)F)nc4)C3)CC2NC1=O. The Labute approximate surface area is 186 Å². The Kier molecular flexibility index (Phi) is 7.20. The van der Waals surface area contributed by atoms with Crippen LogP contribution >= 0.6 is 0 Å². The number of rotatable bonds is 7. The third kappa shape index (κ3) is 5.72. The second-order valence-electron chi connectivity index (χ2n) is 9.14. The van der Waals surface area contributed by atoms with Crippen molar-refractivity contribution >= 4 is 11.8 Å². The second-order valence-corrected chi connectivity index (χ2v) is 9.14. The first-order chi connectivity index (χ1) is 15.4. The number of hydrogen-bond donors (Lipinski definition) is 3. The number of fused-ring (bicyclic) bond motifs is 1. The van der Waals surface area contributed by atoms with Gasteiger partial charge in [-0.05, 0) is 43.9 Å². The quantitative estimate of drug-likeness (QED) is 0.573. The fourth-order valence-electron chi connectivity index (χ4n) is 4.89. The highest BCUT2D eigenvalue weighted by Gasteiger charge is 2.38. The molecule has 0 aromatic carbocycles. The number of carbonyl (C=O) groups excluding carboxylic acids is 2. The van der Waals surface area contributed by atoms with Crippen molar-refractivity contribution in [3.05, 3.63) is 24.0 Å². The monoisotopic (exact) mass is 451 g/mol. The Balaban J connectivity index is 1.21. The van der Waals surface area contributed by atoms with Crippen LogP contribution in [0.4, 0.5) is 8.78 Å². The zero-order valence-electron chi connectivity index (χ0n) is 18.2. The molecule has 0 radical (unpaired) electrons. The van der Waals surface area contributed by atoms with Gasteiger partial charge in [0, 0.05) is 37.6 Å². The molecule has 0 bridgehead atoms. The third-order valence-electron chi connectivity index (χ3n) is 6.56. The molecule has 3 fully saturated rings. The van der Waals surface area contributed by atoms with Crippen molar-refractivity contribution in [2.75, 3.05) is 32.7 Å². The number of alkyl halides is 2. The number of hydrogen-bond acceptors (Lipinski definition) is 6. The maximum Gasteiger partial charge on any atom is 0.270 e. The summed E-state index contributed by atoms with van der Waals surface area (Å²) in [7, 11) is 0. The molecule has 4 unspecified atom stereocenters. The zero-order valence-corrected chi connectivity index (χ0v) is 18.2. The topological polar surface area (TPSA) is 95.6 Å². The van der Waals surface area contributed by atoms with E-state index in [0.29, 0.717) is 17.7 Å². The summed E-state index contributed by atoms with van der Waals surface area (Å²) >= 11 is 0. The van der Waals surface area contributed by atoms with Gasteiger partial charge < -0.3 is 20.7 Å². The van der Waals surface area contributed by atoms with Crippen LogP contribution in [0.25, 0.3) is 0 Å². The Morgan fingerprint density at radius 2 is 2.19 bits per heavy atom. The van der Waals surface area contributed by atoms with E-state index in [0.717, 1.165) is 45.4 Å². The maximum absolute atomic E-state index is 12.2. The number of ether oxygens (including phenoxy) is 1. The van der Waals surface area contributed by atoms with E-state index in [2.05, 4.69) is 25.8 Å². The highest BCUT2D eigenvalue weighted by molar-refractivity contribution is 5.92. The fourth-order valence-corrected chi connectivity index (χ4v) is 4.89. The van der Waals surface area contributed by atoms with Crippen molar-refractivity contribution in [2.45, 2.75) is 50.8 Å². The van der Waals surface area contributed by atoms with E-state index in [1.54, 1.807) is 6.07 Å². The lowest BCUT2D eigenvalue weighted by molar-refractivity contribution is -0.128. The first-order valence-corrected chi connectivity index (χ1v) is 11.3. The van der Waals surface area contributed by atoms with Crippen molar-refractivity contribution in [1.29, 1.82) is 0 Å². The average Bonchev–Trinajstić information content (AvgIpc) is 3.20. The number of likely N-dealkylation sites (tertiary alicyclic amines) is 1.